The number of carbonyl (C=O) groups excluding carboxylic acids is 1. The van der Waals surface area contributed by atoms with Crippen LogP contribution >= 0.6 is 0 Å². The second-order valence-corrected chi connectivity index (χ2v) is 3.60. The van der Waals surface area contributed by atoms with E-state index in [4.69, 9.17) is 4.74 Å². The van der Waals surface area contributed by atoms with Crippen LogP contribution in [0.4, 0.5) is 0 Å². The zero-order valence-corrected chi connectivity index (χ0v) is 7.75. The third-order valence-corrected chi connectivity index (χ3v) is 1.95. The van der Waals surface area contributed by atoms with E-state index in [9.17, 15) is 4.79 Å². The highest BCUT2D eigenvalue weighted by Gasteiger charge is 2.17. The Morgan fingerprint density at radius 1 is 1.58 bits per heavy atom. The normalized spacial score (nSPS) is 24.9. The summed E-state index contributed by atoms with van der Waals surface area (Å²) in [5, 5.41) is 0. The van der Waals surface area contributed by atoms with Crippen molar-refractivity contribution in [2.24, 2.45) is 11.8 Å². The maximum Gasteiger partial charge on any atom is 0.306 e. The van der Waals surface area contributed by atoms with Crippen molar-refractivity contribution in [1.29, 1.82) is 0 Å². The van der Waals surface area contributed by atoms with Gasteiger partial charge in [0.2, 0.25) is 0 Å². The lowest BCUT2D eigenvalue weighted by Crippen LogP contribution is -2.19. The molecule has 0 aromatic heterocycles. The number of hydrogen-bond donors (Lipinski definition) is 0. The predicted molar refractivity (Wildman–Crippen MR) is 47.7 cm³/mol. The summed E-state index contributed by atoms with van der Waals surface area (Å²) >= 11 is 0. The summed E-state index contributed by atoms with van der Waals surface area (Å²) in [5.41, 5.74) is 0. The first-order chi connectivity index (χ1) is 5.68. The van der Waals surface area contributed by atoms with Crippen LogP contribution in [0.2, 0.25) is 0 Å². The largest absolute Gasteiger partial charge is 0.466 e. The van der Waals surface area contributed by atoms with Crippen LogP contribution in [0.3, 0.4) is 0 Å². The van der Waals surface area contributed by atoms with Gasteiger partial charge in [0.25, 0.3) is 0 Å². The van der Waals surface area contributed by atoms with Crippen molar-refractivity contribution in [3.8, 4) is 0 Å². The lowest BCUT2D eigenvalue weighted by molar-refractivity contribution is -0.148. The molecule has 1 aliphatic heterocycles. The third-order valence-electron chi connectivity index (χ3n) is 1.95. The molecule has 0 N–H and O–H groups in total. The van der Waals surface area contributed by atoms with Crippen LogP contribution in [0, 0.1) is 11.8 Å². The van der Waals surface area contributed by atoms with E-state index < -0.39 is 0 Å². The topological polar surface area (TPSA) is 26.3 Å². The molecule has 0 amide bonds. The number of ether oxygens (including phenoxy) is 1. The maximum absolute atomic E-state index is 10.9. The van der Waals surface area contributed by atoms with Gasteiger partial charge in [0.15, 0.2) is 0 Å². The molecule has 0 bridgehead atoms. The van der Waals surface area contributed by atoms with Crippen LogP contribution in [0.15, 0.2) is 12.2 Å². The molecule has 0 aromatic rings. The van der Waals surface area contributed by atoms with E-state index in [0.717, 1.165) is 6.42 Å². The van der Waals surface area contributed by atoms with E-state index in [-0.39, 0.29) is 5.97 Å². The number of cyclic esters (lactones) is 1. The number of rotatable bonds is 2. The molecule has 1 aliphatic rings. The molecule has 0 saturated carbocycles. The van der Waals surface area contributed by atoms with Gasteiger partial charge in [-0.3, -0.25) is 4.79 Å². The molecule has 2 heteroatoms. The lowest BCUT2D eigenvalue weighted by atomic mass is 9.98. The first-order valence-electron chi connectivity index (χ1n) is 4.52. The minimum absolute atomic E-state index is 0.0559. The highest BCUT2D eigenvalue weighted by Crippen LogP contribution is 2.17. The third kappa shape index (κ3) is 3.07. The van der Waals surface area contributed by atoms with Gasteiger partial charge in [-0.1, -0.05) is 26.0 Å². The molecule has 12 heavy (non-hydrogen) atoms. The molecule has 1 saturated heterocycles. The minimum atomic E-state index is -0.0559. The van der Waals surface area contributed by atoms with E-state index in [1.54, 1.807) is 0 Å². The summed E-state index contributed by atoms with van der Waals surface area (Å²) in [4.78, 5) is 10.9. The van der Waals surface area contributed by atoms with Gasteiger partial charge in [-0.2, -0.15) is 0 Å². The first kappa shape index (κ1) is 9.30. The number of carbonyl (C=O) groups is 1. The highest BCUT2D eigenvalue weighted by atomic mass is 16.5. The van der Waals surface area contributed by atoms with Crippen LogP contribution in [-0.2, 0) is 9.53 Å². The fraction of sp³-hybridized carbons (Fsp3) is 0.700. The van der Waals surface area contributed by atoms with E-state index in [1.807, 2.05) is 0 Å². The molecule has 0 aromatic carbocycles. The standard InChI is InChI=1S/C10H16O2/c1-8(2)3-4-9-5-6-12-10(11)7-9/h3-4,8-9H,5-7H2,1-2H3. The molecule has 68 valence electrons. The van der Waals surface area contributed by atoms with Gasteiger partial charge in [-0.05, 0) is 18.3 Å². The average Bonchev–Trinajstić information content (AvgIpc) is 2.01. The van der Waals surface area contributed by atoms with Crippen molar-refractivity contribution in [2.45, 2.75) is 26.7 Å². The Morgan fingerprint density at radius 3 is 2.92 bits per heavy atom. The highest BCUT2D eigenvalue weighted by molar-refractivity contribution is 5.70. The van der Waals surface area contributed by atoms with Gasteiger partial charge < -0.3 is 4.74 Å². The second-order valence-electron chi connectivity index (χ2n) is 3.60. The van der Waals surface area contributed by atoms with Gasteiger partial charge in [0.1, 0.15) is 0 Å². The van der Waals surface area contributed by atoms with Crippen molar-refractivity contribution < 1.29 is 9.53 Å². The maximum atomic E-state index is 10.9. The van der Waals surface area contributed by atoms with Gasteiger partial charge in [-0.15, -0.1) is 0 Å². The van der Waals surface area contributed by atoms with Crippen molar-refractivity contribution in [2.75, 3.05) is 6.61 Å². The zero-order chi connectivity index (χ0) is 8.97. The molecule has 0 aliphatic carbocycles. The average molecular weight is 168 g/mol. The summed E-state index contributed by atoms with van der Waals surface area (Å²) < 4.78 is 4.84. The van der Waals surface area contributed by atoms with Crippen molar-refractivity contribution in [1.82, 2.24) is 0 Å². The molecule has 0 spiro atoms. The van der Waals surface area contributed by atoms with Gasteiger partial charge in [-0.25, -0.2) is 0 Å². The van der Waals surface area contributed by atoms with Gasteiger partial charge >= 0.3 is 5.97 Å². The number of allylic oxidation sites excluding steroid dienone is 2. The van der Waals surface area contributed by atoms with E-state index in [1.165, 1.54) is 0 Å². The predicted octanol–water partition coefficient (Wildman–Crippen LogP) is 2.15. The number of esters is 1. The summed E-state index contributed by atoms with van der Waals surface area (Å²) in [6.07, 6.45) is 5.84. The molecule has 2 nitrogen and oxygen atoms in total. The molecule has 1 rings (SSSR count). The van der Waals surface area contributed by atoms with E-state index >= 15 is 0 Å². The van der Waals surface area contributed by atoms with Crippen LogP contribution in [0.1, 0.15) is 26.7 Å². The quantitative estimate of drug-likeness (QED) is 0.466. The van der Waals surface area contributed by atoms with Crippen molar-refractivity contribution in [3.05, 3.63) is 12.2 Å². The van der Waals surface area contributed by atoms with E-state index in [2.05, 4.69) is 26.0 Å². The molecule has 1 atom stereocenters. The fourth-order valence-electron chi connectivity index (χ4n) is 1.24. The Morgan fingerprint density at radius 2 is 2.33 bits per heavy atom. The second kappa shape index (κ2) is 4.29. The Labute approximate surface area is 73.6 Å². The monoisotopic (exact) mass is 168 g/mol. The zero-order valence-electron chi connectivity index (χ0n) is 7.75. The summed E-state index contributed by atoms with van der Waals surface area (Å²) in [6, 6.07) is 0. The smallest absolute Gasteiger partial charge is 0.306 e. The summed E-state index contributed by atoms with van der Waals surface area (Å²) in [6.45, 7) is 4.86. The van der Waals surface area contributed by atoms with Gasteiger partial charge in [0.05, 0.1) is 13.0 Å². The fourth-order valence-corrected chi connectivity index (χ4v) is 1.24. The summed E-state index contributed by atoms with van der Waals surface area (Å²) in [7, 11) is 0. The Hall–Kier alpha value is -0.790. The Kier molecular flexibility index (Phi) is 3.32. The molecule has 0 radical (unpaired) electrons. The van der Waals surface area contributed by atoms with Crippen molar-refractivity contribution in [3.63, 3.8) is 0 Å². The SMILES string of the molecule is CC(C)C=CC1CCOC(=O)C1. The molecule has 1 unspecified atom stereocenters. The molecular formula is C10H16O2. The summed E-state index contributed by atoms with van der Waals surface area (Å²) in [5.74, 6) is 0.927. The molecule has 1 heterocycles. The van der Waals surface area contributed by atoms with Crippen LogP contribution in [0.5, 0.6) is 0 Å². The number of hydrogen-bond acceptors (Lipinski definition) is 2. The molecular weight excluding hydrogens is 152 g/mol. The van der Waals surface area contributed by atoms with Crippen LogP contribution in [0.25, 0.3) is 0 Å². The minimum Gasteiger partial charge on any atom is -0.466 e. The Balaban J connectivity index is 2.36. The van der Waals surface area contributed by atoms with Crippen molar-refractivity contribution >= 4 is 5.97 Å². The first-order valence-corrected chi connectivity index (χ1v) is 4.52. The van der Waals surface area contributed by atoms with E-state index in [0.29, 0.717) is 24.9 Å². The Bertz CT molecular complexity index is 182. The van der Waals surface area contributed by atoms with Gasteiger partial charge in [0, 0.05) is 0 Å². The molecule has 1 fully saturated rings. The van der Waals surface area contributed by atoms with Crippen LogP contribution in [-0.4, -0.2) is 12.6 Å². The lowest BCUT2D eigenvalue weighted by Gasteiger charge is -2.18. The van der Waals surface area contributed by atoms with Crippen LogP contribution < -0.4 is 0 Å².